The first kappa shape index (κ1) is 12.9. The molecule has 0 atom stereocenters. The van der Waals surface area contributed by atoms with E-state index in [1.54, 1.807) is 17.0 Å². The van der Waals surface area contributed by atoms with Gasteiger partial charge in [0.2, 0.25) is 0 Å². The Morgan fingerprint density at radius 2 is 1.81 bits per heavy atom. The molecule has 0 unspecified atom stereocenters. The summed E-state index contributed by atoms with van der Waals surface area (Å²) >= 11 is 0. The second-order valence-corrected chi connectivity index (χ2v) is 3.22. The van der Waals surface area contributed by atoms with Crippen LogP contribution >= 0.6 is 0 Å². The van der Waals surface area contributed by atoms with Gasteiger partial charge in [-0.3, -0.25) is 4.98 Å². The van der Waals surface area contributed by atoms with Crippen molar-refractivity contribution in [2.24, 2.45) is 0 Å². The molecule has 0 aliphatic carbocycles. The third kappa shape index (κ3) is 3.17. The second-order valence-electron chi connectivity index (χ2n) is 3.22. The maximum absolute atomic E-state index is 9.13. The number of hydrogen-bond acceptors (Lipinski definition) is 6. The van der Waals surface area contributed by atoms with Gasteiger partial charge in [0, 0.05) is 19.3 Å². The Labute approximate surface area is 93.9 Å². The largest absolute Gasteiger partial charge is 0.510 e. The molecule has 1 heterocycles. The van der Waals surface area contributed by atoms with Crippen LogP contribution in [0.15, 0.2) is 18.3 Å². The smallest absolute Gasteiger partial charge is 0.422 e. The van der Waals surface area contributed by atoms with Crippen molar-refractivity contribution in [2.75, 3.05) is 31.2 Å². The predicted octanol–water partition coefficient (Wildman–Crippen LogP) is -2.45. The highest BCUT2D eigenvalue weighted by atomic mass is 16.4. The number of hydrogen-bond donors (Lipinski definition) is 4. The molecule has 1 aromatic heterocycles. The van der Waals surface area contributed by atoms with E-state index in [4.69, 9.17) is 20.3 Å². The lowest BCUT2D eigenvalue weighted by Crippen LogP contribution is -2.41. The van der Waals surface area contributed by atoms with Crippen LogP contribution in [-0.4, -0.2) is 58.7 Å². The zero-order valence-corrected chi connectivity index (χ0v) is 8.82. The molecule has 4 N–H and O–H groups in total. The van der Waals surface area contributed by atoms with Crippen molar-refractivity contribution in [3.8, 4) is 0 Å². The molecule has 0 aromatic carbocycles. The number of aliphatic hydroxyl groups excluding tert-OH is 2. The molecule has 16 heavy (non-hydrogen) atoms. The van der Waals surface area contributed by atoms with Gasteiger partial charge in [0.25, 0.3) is 0 Å². The van der Waals surface area contributed by atoms with Crippen LogP contribution in [0.1, 0.15) is 0 Å². The van der Waals surface area contributed by atoms with Crippen LogP contribution in [0.5, 0.6) is 0 Å². The van der Waals surface area contributed by atoms with Crippen molar-refractivity contribution in [1.29, 1.82) is 0 Å². The fraction of sp³-hybridized carbons (Fsp3) is 0.444. The van der Waals surface area contributed by atoms with Crippen LogP contribution in [-0.2, 0) is 0 Å². The predicted molar refractivity (Wildman–Crippen MR) is 60.4 cm³/mol. The minimum Gasteiger partial charge on any atom is -0.422 e. The summed E-state index contributed by atoms with van der Waals surface area (Å²) in [6.45, 7) is 0.420. The van der Waals surface area contributed by atoms with Crippen LogP contribution in [0.4, 0.5) is 5.69 Å². The minimum absolute atomic E-state index is 0.0874. The monoisotopic (exact) mass is 226 g/mol. The van der Waals surface area contributed by atoms with Gasteiger partial charge in [-0.25, -0.2) is 0 Å². The number of aromatic nitrogens is 1. The molecule has 0 saturated carbocycles. The Morgan fingerprint density at radius 3 is 2.31 bits per heavy atom. The summed E-state index contributed by atoms with van der Waals surface area (Å²) in [5.41, 5.74) is 0.616. The molecule has 0 bridgehead atoms. The first-order valence-electron chi connectivity index (χ1n) is 4.98. The molecular weight excluding hydrogens is 211 g/mol. The van der Waals surface area contributed by atoms with Gasteiger partial charge in [-0.05, 0) is 12.1 Å². The number of pyridine rings is 1. The molecular formula is C9H15BN2O4. The van der Waals surface area contributed by atoms with Gasteiger partial charge in [0.1, 0.15) is 0 Å². The molecule has 0 fully saturated rings. The van der Waals surface area contributed by atoms with E-state index in [0.29, 0.717) is 18.8 Å². The second kappa shape index (κ2) is 6.44. The van der Waals surface area contributed by atoms with Crippen LogP contribution in [0.25, 0.3) is 0 Å². The first-order chi connectivity index (χ1) is 7.70. The summed E-state index contributed by atoms with van der Waals surface area (Å²) in [6.07, 6.45) is 1.45. The summed E-state index contributed by atoms with van der Waals surface area (Å²) in [5.74, 6) is 0. The molecule has 0 spiro atoms. The third-order valence-corrected chi connectivity index (χ3v) is 2.14. The lowest BCUT2D eigenvalue weighted by Gasteiger charge is -2.24. The Kier molecular flexibility index (Phi) is 5.20. The molecule has 0 saturated heterocycles. The van der Waals surface area contributed by atoms with Gasteiger partial charge in [0.15, 0.2) is 0 Å². The fourth-order valence-electron chi connectivity index (χ4n) is 1.47. The van der Waals surface area contributed by atoms with Crippen molar-refractivity contribution in [1.82, 2.24) is 4.98 Å². The van der Waals surface area contributed by atoms with Gasteiger partial charge in [-0.1, -0.05) is 0 Å². The molecule has 88 valence electrons. The summed E-state index contributed by atoms with van der Waals surface area (Å²) in [7, 11) is -1.67. The van der Waals surface area contributed by atoms with Gasteiger partial charge in [-0.2, -0.15) is 0 Å². The van der Waals surface area contributed by atoms with E-state index < -0.39 is 7.12 Å². The van der Waals surface area contributed by atoms with E-state index in [1.165, 1.54) is 6.20 Å². The summed E-state index contributed by atoms with van der Waals surface area (Å²) < 4.78 is 0. The molecule has 0 radical (unpaired) electrons. The number of rotatable bonds is 6. The lowest BCUT2D eigenvalue weighted by atomic mass is 9.84. The zero-order valence-electron chi connectivity index (χ0n) is 8.82. The molecule has 0 aliphatic heterocycles. The Hall–Kier alpha value is -1.15. The Morgan fingerprint density at radius 1 is 1.19 bits per heavy atom. The average molecular weight is 226 g/mol. The Balaban J connectivity index is 2.97. The quantitative estimate of drug-likeness (QED) is 0.402. The fourth-order valence-corrected chi connectivity index (χ4v) is 1.47. The normalized spacial score (nSPS) is 10.2. The van der Waals surface area contributed by atoms with Crippen LogP contribution in [0, 0.1) is 0 Å². The number of anilines is 1. The van der Waals surface area contributed by atoms with Crippen molar-refractivity contribution in [3.63, 3.8) is 0 Å². The maximum Gasteiger partial charge on any atom is 0.510 e. The standard InChI is InChI=1S/C9H15BN2O4/c13-6-4-12(5-7-14)8-2-1-3-11-9(8)10(15)16/h1-3,13-16H,4-7H2. The van der Waals surface area contributed by atoms with Gasteiger partial charge in [-0.15, -0.1) is 0 Å². The van der Waals surface area contributed by atoms with E-state index in [9.17, 15) is 0 Å². The van der Waals surface area contributed by atoms with Crippen LogP contribution in [0.2, 0.25) is 0 Å². The van der Waals surface area contributed by atoms with E-state index in [2.05, 4.69) is 4.98 Å². The highest BCUT2D eigenvalue weighted by Crippen LogP contribution is 2.09. The summed E-state index contributed by atoms with van der Waals surface area (Å²) in [4.78, 5) is 5.50. The zero-order chi connectivity index (χ0) is 12.0. The molecule has 0 amide bonds. The van der Waals surface area contributed by atoms with Crippen molar-refractivity contribution < 1.29 is 20.3 Å². The third-order valence-electron chi connectivity index (χ3n) is 2.14. The van der Waals surface area contributed by atoms with Crippen LogP contribution < -0.4 is 10.5 Å². The van der Waals surface area contributed by atoms with E-state index in [1.807, 2.05) is 0 Å². The van der Waals surface area contributed by atoms with Gasteiger partial charge in [0.05, 0.1) is 24.5 Å². The molecule has 7 heteroatoms. The minimum atomic E-state index is -1.67. The topological polar surface area (TPSA) is 97.1 Å². The van der Waals surface area contributed by atoms with Crippen molar-refractivity contribution >= 4 is 18.4 Å². The van der Waals surface area contributed by atoms with Gasteiger partial charge >= 0.3 is 7.12 Å². The van der Waals surface area contributed by atoms with Gasteiger partial charge < -0.3 is 25.2 Å². The summed E-state index contributed by atoms with van der Waals surface area (Å²) in [6, 6.07) is 3.32. The van der Waals surface area contributed by atoms with Crippen molar-refractivity contribution in [3.05, 3.63) is 18.3 Å². The van der Waals surface area contributed by atoms with E-state index in [-0.39, 0.29) is 18.8 Å². The SMILES string of the molecule is OCCN(CCO)c1cccnc1B(O)O. The van der Waals surface area contributed by atoms with E-state index in [0.717, 1.165) is 0 Å². The number of nitrogens with zero attached hydrogens (tertiary/aromatic N) is 2. The molecule has 6 nitrogen and oxygen atoms in total. The van der Waals surface area contributed by atoms with Crippen LogP contribution in [0.3, 0.4) is 0 Å². The lowest BCUT2D eigenvalue weighted by molar-refractivity contribution is 0.281. The highest BCUT2D eigenvalue weighted by Gasteiger charge is 2.20. The maximum atomic E-state index is 9.13. The molecule has 1 rings (SSSR count). The highest BCUT2D eigenvalue weighted by molar-refractivity contribution is 6.59. The molecule has 0 aliphatic rings. The van der Waals surface area contributed by atoms with E-state index >= 15 is 0 Å². The average Bonchev–Trinajstić information content (AvgIpc) is 2.29. The Bertz CT molecular complexity index is 318. The summed E-state index contributed by atoms with van der Waals surface area (Å²) in [5, 5.41) is 36.0. The molecule has 1 aromatic rings. The first-order valence-corrected chi connectivity index (χ1v) is 4.98. The number of aliphatic hydroxyl groups is 2. The van der Waals surface area contributed by atoms with Crippen molar-refractivity contribution in [2.45, 2.75) is 0 Å².